The maximum absolute atomic E-state index is 13.0. The minimum atomic E-state index is -1.58. The lowest BCUT2D eigenvalue weighted by atomic mass is 10.1. The van der Waals surface area contributed by atoms with Gasteiger partial charge in [0.1, 0.15) is 18.2 Å². The highest BCUT2D eigenvalue weighted by molar-refractivity contribution is 6.11. The largest absolute Gasteiger partial charge is 0.383 e. The molecule has 0 bridgehead atoms. The van der Waals surface area contributed by atoms with E-state index in [9.17, 15) is 33.9 Å². The Hall–Kier alpha value is -3.10. The van der Waals surface area contributed by atoms with Crippen molar-refractivity contribution in [2.75, 3.05) is 26.7 Å². The lowest BCUT2D eigenvalue weighted by Gasteiger charge is -2.30. The number of nitrogens with zero attached hydrogens (tertiary/aromatic N) is 3. The van der Waals surface area contributed by atoms with E-state index in [1.54, 1.807) is 6.92 Å². The average Bonchev–Trinajstić information content (AvgIpc) is 3.55. The van der Waals surface area contributed by atoms with E-state index in [1.165, 1.54) is 4.90 Å². The first-order valence-electron chi connectivity index (χ1n) is 12.6. The second kappa shape index (κ2) is 14.0. The van der Waals surface area contributed by atoms with Crippen LogP contribution in [0.4, 0.5) is 4.79 Å². The standard InChI is InChI=1S/C23H39N7O7/c1-14(26-19(33)16-8-6-12-25-16)21(35)29-13-7-9-17(29)20(34)27-28(3)23(37)30(15(2)31)22(36)18(32)10-4-5-11-24/h14,16-18,25,32H,4-13,24H2,1-3H3,(H,26,33)(H,27,34)/t14-,16-,17-,18?/m0/s1. The van der Waals surface area contributed by atoms with E-state index < -0.39 is 47.8 Å². The van der Waals surface area contributed by atoms with Crippen LogP contribution in [0.2, 0.25) is 0 Å². The summed E-state index contributed by atoms with van der Waals surface area (Å²) in [6.07, 6.45) is 1.87. The molecule has 0 aromatic carbocycles. The molecule has 0 spiro atoms. The Morgan fingerprint density at radius 2 is 1.81 bits per heavy atom. The summed E-state index contributed by atoms with van der Waals surface area (Å²) in [7, 11) is 1.16. The Bertz CT molecular complexity index is 878. The molecule has 0 aromatic heterocycles. The Labute approximate surface area is 216 Å². The van der Waals surface area contributed by atoms with E-state index in [0.717, 1.165) is 26.9 Å². The van der Waals surface area contributed by atoms with Gasteiger partial charge in [-0.15, -0.1) is 0 Å². The number of carbonyl (C=O) groups excluding carboxylic acids is 6. The number of hydrazine groups is 1. The van der Waals surface area contributed by atoms with Crippen molar-refractivity contribution in [3.8, 4) is 0 Å². The number of hydrogen-bond acceptors (Lipinski definition) is 9. The molecule has 14 heteroatoms. The topological polar surface area (TPSA) is 194 Å². The maximum atomic E-state index is 13.0. The van der Waals surface area contributed by atoms with Crippen LogP contribution in [0.5, 0.6) is 0 Å². The summed E-state index contributed by atoms with van der Waals surface area (Å²) in [5, 5.41) is 16.5. The zero-order chi connectivity index (χ0) is 27.7. The molecule has 208 valence electrons. The number of urea groups is 1. The lowest BCUT2D eigenvalue weighted by Crippen LogP contribution is -2.59. The van der Waals surface area contributed by atoms with Gasteiger partial charge in [-0.05, 0) is 65.0 Å². The predicted octanol–water partition coefficient (Wildman–Crippen LogP) is -1.82. The van der Waals surface area contributed by atoms with Gasteiger partial charge in [-0.1, -0.05) is 0 Å². The van der Waals surface area contributed by atoms with E-state index in [1.807, 2.05) is 0 Å². The Kier molecular flexibility index (Phi) is 11.4. The van der Waals surface area contributed by atoms with Crippen molar-refractivity contribution < 1.29 is 33.9 Å². The molecule has 2 heterocycles. The fraction of sp³-hybridized carbons (Fsp3) is 0.739. The van der Waals surface area contributed by atoms with Gasteiger partial charge in [0, 0.05) is 20.5 Å². The van der Waals surface area contributed by atoms with E-state index in [0.29, 0.717) is 50.2 Å². The zero-order valence-electron chi connectivity index (χ0n) is 21.7. The molecule has 14 nitrogen and oxygen atoms in total. The number of carbonyl (C=O) groups is 6. The van der Waals surface area contributed by atoms with Crippen molar-refractivity contribution in [3.63, 3.8) is 0 Å². The highest BCUT2D eigenvalue weighted by atomic mass is 16.3. The number of imide groups is 3. The number of rotatable bonds is 9. The smallest absolute Gasteiger partial charge is 0.352 e. The summed E-state index contributed by atoms with van der Waals surface area (Å²) < 4.78 is 0. The minimum Gasteiger partial charge on any atom is -0.383 e. The molecular weight excluding hydrogens is 486 g/mol. The van der Waals surface area contributed by atoms with Crippen molar-refractivity contribution in [1.29, 1.82) is 0 Å². The van der Waals surface area contributed by atoms with Gasteiger partial charge >= 0.3 is 6.03 Å². The highest BCUT2D eigenvalue weighted by Gasteiger charge is 2.39. The molecule has 6 N–H and O–H groups in total. The molecule has 0 aliphatic carbocycles. The van der Waals surface area contributed by atoms with Crippen molar-refractivity contribution in [2.45, 2.75) is 83.0 Å². The van der Waals surface area contributed by atoms with Gasteiger partial charge in [0.25, 0.3) is 11.8 Å². The maximum Gasteiger partial charge on any atom is 0.352 e. The van der Waals surface area contributed by atoms with Crippen LogP contribution < -0.4 is 21.8 Å². The molecule has 2 aliphatic heterocycles. The minimum absolute atomic E-state index is 0.0217. The third-order valence-corrected chi connectivity index (χ3v) is 6.45. The van der Waals surface area contributed by atoms with Crippen LogP contribution in [0.25, 0.3) is 0 Å². The van der Waals surface area contributed by atoms with Crippen LogP contribution in [0.1, 0.15) is 58.8 Å². The highest BCUT2D eigenvalue weighted by Crippen LogP contribution is 2.19. The first-order chi connectivity index (χ1) is 17.5. The Morgan fingerprint density at radius 1 is 1.11 bits per heavy atom. The van der Waals surface area contributed by atoms with Crippen LogP contribution in [0.3, 0.4) is 0 Å². The van der Waals surface area contributed by atoms with E-state index >= 15 is 0 Å². The van der Waals surface area contributed by atoms with E-state index in [4.69, 9.17) is 5.73 Å². The number of likely N-dealkylation sites (tertiary alicyclic amines) is 1. The quantitative estimate of drug-likeness (QED) is 0.170. The number of unbranched alkanes of at least 4 members (excludes halogenated alkanes) is 1. The van der Waals surface area contributed by atoms with Crippen molar-refractivity contribution in [1.82, 2.24) is 30.9 Å². The normalized spacial score (nSPS) is 20.6. The molecular formula is C23H39N7O7. The van der Waals surface area contributed by atoms with Gasteiger partial charge in [-0.2, -0.15) is 4.90 Å². The van der Waals surface area contributed by atoms with Gasteiger partial charge in [0.15, 0.2) is 0 Å². The zero-order valence-corrected chi connectivity index (χ0v) is 21.7. The number of aliphatic hydroxyl groups excluding tert-OH is 1. The Balaban J connectivity index is 1.99. The molecule has 0 saturated carbocycles. The lowest BCUT2D eigenvalue weighted by molar-refractivity contribution is -0.147. The van der Waals surface area contributed by atoms with E-state index in [2.05, 4.69) is 16.1 Å². The molecule has 7 amide bonds. The summed E-state index contributed by atoms with van der Waals surface area (Å²) in [6, 6.07) is -3.26. The van der Waals surface area contributed by atoms with Crippen LogP contribution in [0, 0.1) is 0 Å². The Morgan fingerprint density at radius 3 is 2.41 bits per heavy atom. The monoisotopic (exact) mass is 525 g/mol. The number of nitrogens with one attached hydrogen (secondary N) is 3. The molecule has 2 aliphatic rings. The van der Waals surface area contributed by atoms with Crippen LogP contribution in [0.15, 0.2) is 0 Å². The van der Waals surface area contributed by atoms with Crippen molar-refractivity contribution in [2.24, 2.45) is 5.73 Å². The fourth-order valence-corrected chi connectivity index (χ4v) is 4.41. The predicted molar refractivity (Wildman–Crippen MR) is 131 cm³/mol. The third-order valence-electron chi connectivity index (χ3n) is 6.45. The SMILES string of the molecule is CC(=O)N(C(=O)C(O)CCCCN)C(=O)N(C)NC(=O)[C@@H]1CCCN1C(=O)[C@H](C)NC(=O)[C@@H]1CCCN1. The van der Waals surface area contributed by atoms with Gasteiger partial charge in [-0.3, -0.25) is 29.4 Å². The first-order valence-corrected chi connectivity index (χ1v) is 12.6. The van der Waals surface area contributed by atoms with Crippen molar-refractivity contribution in [3.05, 3.63) is 0 Å². The summed E-state index contributed by atoms with van der Waals surface area (Å²) in [5.41, 5.74) is 7.72. The molecule has 4 atom stereocenters. The molecule has 1 unspecified atom stereocenters. The molecule has 37 heavy (non-hydrogen) atoms. The number of nitrogens with two attached hydrogens (primary N) is 1. The first kappa shape index (κ1) is 30.1. The molecule has 2 rings (SSSR count). The van der Waals surface area contributed by atoms with Gasteiger partial charge in [0.05, 0.1) is 6.04 Å². The third kappa shape index (κ3) is 7.94. The molecule has 0 radical (unpaired) electrons. The van der Waals surface area contributed by atoms with Gasteiger partial charge in [0.2, 0.25) is 17.7 Å². The van der Waals surface area contributed by atoms with Crippen molar-refractivity contribution >= 4 is 35.6 Å². The summed E-state index contributed by atoms with van der Waals surface area (Å²) in [6.45, 7) is 3.94. The number of aliphatic hydroxyl groups is 1. The molecule has 0 aromatic rings. The molecule has 2 saturated heterocycles. The van der Waals surface area contributed by atoms with Crippen LogP contribution in [-0.4, -0.2) is 106 Å². The van der Waals surface area contributed by atoms with E-state index in [-0.39, 0.29) is 23.3 Å². The second-order valence-electron chi connectivity index (χ2n) is 9.38. The van der Waals surface area contributed by atoms with Crippen LogP contribution >= 0.6 is 0 Å². The van der Waals surface area contributed by atoms with Gasteiger partial charge < -0.3 is 26.4 Å². The fourth-order valence-electron chi connectivity index (χ4n) is 4.41. The summed E-state index contributed by atoms with van der Waals surface area (Å²) in [4.78, 5) is 77.3. The summed E-state index contributed by atoms with van der Waals surface area (Å²) in [5.74, 6) is -3.41. The second-order valence-corrected chi connectivity index (χ2v) is 9.38. The average molecular weight is 526 g/mol. The van der Waals surface area contributed by atoms with Gasteiger partial charge in [-0.25, -0.2) is 9.80 Å². The number of hydrogen-bond donors (Lipinski definition) is 5. The molecule has 2 fully saturated rings. The van der Waals surface area contributed by atoms with Crippen LogP contribution in [-0.2, 0) is 24.0 Å². The summed E-state index contributed by atoms with van der Waals surface area (Å²) >= 11 is 0. The number of amides is 7.